The van der Waals surface area contributed by atoms with Gasteiger partial charge in [-0.2, -0.15) is 0 Å². The van der Waals surface area contributed by atoms with Crippen molar-refractivity contribution in [3.8, 4) is 0 Å². The number of amides is 1. The molecule has 2 rings (SSSR count). The van der Waals surface area contributed by atoms with Gasteiger partial charge in [0.25, 0.3) is 0 Å². The average molecular weight is 382 g/mol. The van der Waals surface area contributed by atoms with Gasteiger partial charge in [-0.25, -0.2) is 0 Å². The number of rotatable bonds is 11. The van der Waals surface area contributed by atoms with E-state index in [4.69, 9.17) is 9.47 Å². The molecule has 0 aromatic carbocycles. The molecule has 27 heavy (non-hydrogen) atoms. The minimum atomic E-state index is 0.0463. The van der Waals surface area contributed by atoms with E-state index in [2.05, 4.69) is 19.2 Å². The zero-order valence-electron chi connectivity index (χ0n) is 17.7. The Bertz CT molecular complexity index is 463. The van der Waals surface area contributed by atoms with Crippen molar-refractivity contribution in [2.24, 2.45) is 23.7 Å². The Balaban J connectivity index is 1.47. The van der Waals surface area contributed by atoms with E-state index in [1.807, 2.05) is 13.8 Å². The number of hydrogen-bond acceptors (Lipinski definition) is 4. The van der Waals surface area contributed by atoms with Crippen LogP contribution in [0.4, 0.5) is 0 Å². The summed E-state index contributed by atoms with van der Waals surface area (Å²) in [6.07, 6.45) is 7.17. The molecule has 0 heterocycles. The third-order valence-electron chi connectivity index (χ3n) is 5.93. The van der Waals surface area contributed by atoms with E-state index in [-0.39, 0.29) is 23.8 Å². The quantitative estimate of drug-likeness (QED) is 0.554. The van der Waals surface area contributed by atoms with Crippen molar-refractivity contribution in [1.82, 2.24) is 5.32 Å². The van der Waals surface area contributed by atoms with Crippen LogP contribution in [0.2, 0.25) is 0 Å². The largest absolute Gasteiger partial charge is 0.381 e. The van der Waals surface area contributed by atoms with Gasteiger partial charge in [-0.3, -0.25) is 9.59 Å². The molecule has 2 fully saturated rings. The first-order valence-electron chi connectivity index (χ1n) is 10.9. The lowest BCUT2D eigenvalue weighted by molar-refractivity contribution is -0.131. The molecule has 0 aromatic rings. The van der Waals surface area contributed by atoms with E-state index in [0.29, 0.717) is 36.8 Å². The van der Waals surface area contributed by atoms with Gasteiger partial charge in [0.2, 0.25) is 5.91 Å². The van der Waals surface area contributed by atoms with E-state index < -0.39 is 0 Å². The predicted octanol–water partition coefficient (Wildman–Crippen LogP) is 3.74. The molecule has 0 bridgehead atoms. The van der Waals surface area contributed by atoms with Crippen molar-refractivity contribution >= 4 is 11.7 Å². The molecule has 0 aromatic heterocycles. The van der Waals surface area contributed by atoms with Crippen LogP contribution in [0.1, 0.15) is 72.6 Å². The lowest BCUT2D eigenvalue weighted by Gasteiger charge is -2.35. The standard InChI is InChI=1S/C22H39NO4/c1-15(2)22(25)19-11-20(12-19)23-21(24)9-10-26-13-17-5-7-18(8-6-17)14-27-16(3)4/h15-20H,5-14H2,1-4H3,(H,23,24)/t17-,18-,19-,20-. The van der Waals surface area contributed by atoms with Gasteiger partial charge in [-0.15, -0.1) is 0 Å². The fourth-order valence-corrected chi connectivity index (χ4v) is 4.05. The van der Waals surface area contributed by atoms with Gasteiger partial charge >= 0.3 is 0 Å². The van der Waals surface area contributed by atoms with E-state index in [9.17, 15) is 9.59 Å². The second-order valence-corrected chi connectivity index (χ2v) is 9.08. The second kappa shape index (κ2) is 11.2. The Kier molecular flexibility index (Phi) is 9.24. The molecular formula is C22H39NO4. The fraction of sp³-hybridized carbons (Fsp3) is 0.909. The summed E-state index contributed by atoms with van der Waals surface area (Å²) in [5, 5.41) is 3.02. The normalized spacial score (nSPS) is 28.2. The molecule has 0 radical (unpaired) electrons. The fourth-order valence-electron chi connectivity index (χ4n) is 4.05. The van der Waals surface area contributed by atoms with Gasteiger partial charge in [0.05, 0.1) is 12.7 Å². The highest BCUT2D eigenvalue weighted by Gasteiger charge is 2.35. The van der Waals surface area contributed by atoms with Crippen LogP contribution in [0.3, 0.4) is 0 Å². The Morgan fingerprint density at radius 1 is 0.963 bits per heavy atom. The Labute approximate surface area is 164 Å². The number of Topliss-reactive ketones (excluding diaryl/α,β-unsaturated/α-hetero) is 1. The summed E-state index contributed by atoms with van der Waals surface area (Å²) >= 11 is 0. The first kappa shape index (κ1) is 22.4. The average Bonchev–Trinajstić information content (AvgIpc) is 2.60. The number of carbonyl (C=O) groups is 2. The number of nitrogens with one attached hydrogen (secondary N) is 1. The number of ketones is 1. The summed E-state index contributed by atoms with van der Waals surface area (Å²) in [4.78, 5) is 23.9. The monoisotopic (exact) mass is 381 g/mol. The highest BCUT2D eigenvalue weighted by molar-refractivity contribution is 5.84. The molecule has 5 nitrogen and oxygen atoms in total. The first-order valence-corrected chi connectivity index (χ1v) is 10.9. The van der Waals surface area contributed by atoms with Gasteiger partial charge in [0.1, 0.15) is 5.78 Å². The van der Waals surface area contributed by atoms with Crippen LogP contribution in [-0.4, -0.2) is 43.7 Å². The maximum atomic E-state index is 12.0. The molecule has 1 amide bonds. The first-order chi connectivity index (χ1) is 12.8. The topological polar surface area (TPSA) is 64.6 Å². The predicted molar refractivity (Wildman–Crippen MR) is 106 cm³/mol. The summed E-state index contributed by atoms with van der Waals surface area (Å²) < 4.78 is 11.5. The molecule has 1 N–H and O–H groups in total. The summed E-state index contributed by atoms with van der Waals surface area (Å²) in [7, 11) is 0. The van der Waals surface area contributed by atoms with E-state index in [1.165, 1.54) is 25.7 Å². The lowest BCUT2D eigenvalue weighted by atomic mass is 9.75. The Hall–Kier alpha value is -0.940. The van der Waals surface area contributed by atoms with Crippen molar-refractivity contribution in [3.05, 3.63) is 0 Å². The van der Waals surface area contributed by atoms with Crippen LogP contribution in [0.5, 0.6) is 0 Å². The summed E-state index contributed by atoms with van der Waals surface area (Å²) in [5.74, 6) is 1.94. The third kappa shape index (κ3) is 7.90. The highest BCUT2D eigenvalue weighted by atomic mass is 16.5. The van der Waals surface area contributed by atoms with E-state index >= 15 is 0 Å². The van der Waals surface area contributed by atoms with Gasteiger partial charge < -0.3 is 14.8 Å². The van der Waals surface area contributed by atoms with Crippen molar-refractivity contribution in [2.45, 2.75) is 84.8 Å². The van der Waals surface area contributed by atoms with Crippen molar-refractivity contribution in [3.63, 3.8) is 0 Å². The molecule has 0 saturated heterocycles. The SMILES string of the molecule is CC(C)OC[C@H]1CC[C@H](COCCC(=O)N[C@H]2C[C@H](C(=O)C(C)C)C2)CC1. The molecule has 2 saturated carbocycles. The van der Waals surface area contributed by atoms with Crippen LogP contribution >= 0.6 is 0 Å². The van der Waals surface area contributed by atoms with E-state index in [0.717, 1.165) is 26.1 Å². The maximum Gasteiger partial charge on any atom is 0.222 e. The molecule has 5 heteroatoms. The van der Waals surface area contributed by atoms with Gasteiger partial charge in [0, 0.05) is 37.5 Å². The van der Waals surface area contributed by atoms with Crippen LogP contribution in [0.25, 0.3) is 0 Å². The van der Waals surface area contributed by atoms with Crippen LogP contribution in [-0.2, 0) is 19.1 Å². The minimum absolute atomic E-state index is 0.0463. The minimum Gasteiger partial charge on any atom is -0.381 e. The van der Waals surface area contributed by atoms with Crippen molar-refractivity contribution < 1.29 is 19.1 Å². The highest BCUT2D eigenvalue weighted by Crippen LogP contribution is 2.31. The van der Waals surface area contributed by atoms with Gasteiger partial charge in [-0.1, -0.05) is 13.8 Å². The zero-order chi connectivity index (χ0) is 19.8. The molecule has 0 unspecified atom stereocenters. The molecule has 0 atom stereocenters. The summed E-state index contributed by atoms with van der Waals surface area (Å²) in [6.45, 7) is 10.2. The molecule has 2 aliphatic rings. The second-order valence-electron chi connectivity index (χ2n) is 9.08. The van der Waals surface area contributed by atoms with Crippen LogP contribution in [0.15, 0.2) is 0 Å². The lowest BCUT2D eigenvalue weighted by Crippen LogP contribution is -2.47. The van der Waals surface area contributed by atoms with Gasteiger partial charge in [-0.05, 0) is 64.2 Å². The van der Waals surface area contributed by atoms with Crippen LogP contribution < -0.4 is 5.32 Å². The third-order valence-corrected chi connectivity index (χ3v) is 5.93. The maximum absolute atomic E-state index is 12.0. The summed E-state index contributed by atoms with van der Waals surface area (Å²) in [6, 6.07) is 0.175. The summed E-state index contributed by atoms with van der Waals surface area (Å²) in [5.41, 5.74) is 0. The molecular weight excluding hydrogens is 342 g/mol. The molecule has 0 aliphatic heterocycles. The van der Waals surface area contributed by atoms with Crippen LogP contribution in [0, 0.1) is 23.7 Å². The Morgan fingerprint density at radius 3 is 2.11 bits per heavy atom. The number of carbonyl (C=O) groups excluding carboxylic acids is 2. The molecule has 2 aliphatic carbocycles. The molecule has 156 valence electrons. The zero-order valence-corrected chi connectivity index (χ0v) is 17.7. The van der Waals surface area contributed by atoms with Crippen molar-refractivity contribution in [2.75, 3.05) is 19.8 Å². The van der Waals surface area contributed by atoms with E-state index in [1.54, 1.807) is 0 Å². The van der Waals surface area contributed by atoms with Crippen molar-refractivity contribution in [1.29, 1.82) is 0 Å². The smallest absolute Gasteiger partial charge is 0.222 e. The number of hydrogen-bond donors (Lipinski definition) is 1. The number of ether oxygens (including phenoxy) is 2. The Morgan fingerprint density at radius 2 is 1.56 bits per heavy atom. The van der Waals surface area contributed by atoms with Gasteiger partial charge in [0.15, 0.2) is 0 Å². The molecule has 0 spiro atoms.